The van der Waals surface area contributed by atoms with Crippen LogP contribution in [0.25, 0.3) is 11.3 Å². The van der Waals surface area contributed by atoms with Gasteiger partial charge in [-0.15, -0.1) is 0 Å². The van der Waals surface area contributed by atoms with Gasteiger partial charge >= 0.3 is 0 Å². The lowest BCUT2D eigenvalue weighted by atomic mass is 10.1. The maximum Gasteiger partial charge on any atom is 0.251 e. The Morgan fingerprint density at radius 1 is 0.875 bits per heavy atom. The summed E-state index contributed by atoms with van der Waals surface area (Å²) < 4.78 is 11.2. The second kappa shape index (κ2) is 10.2. The summed E-state index contributed by atoms with van der Waals surface area (Å²) in [6.07, 6.45) is 2.24. The zero-order chi connectivity index (χ0) is 22.2. The lowest BCUT2D eigenvalue weighted by Crippen LogP contribution is -2.25. The van der Waals surface area contributed by atoms with Crippen molar-refractivity contribution in [3.8, 4) is 28.6 Å². The van der Waals surface area contributed by atoms with E-state index < -0.39 is 0 Å². The molecule has 0 fully saturated rings. The Morgan fingerprint density at radius 3 is 2.34 bits per heavy atom. The minimum Gasteiger partial charge on any atom is -0.493 e. The fourth-order valence-corrected chi connectivity index (χ4v) is 3.23. The standard InChI is InChI=1S/C26H23N3O3/c1-31-23-9-5-6-10-24(23)32-25-17-22(28-18-29-25)20-11-13-21(14-12-20)26(30)27-16-15-19-7-3-2-4-8-19/h2-14,17-18H,15-16H2,1H3,(H,27,30). The lowest BCUT2D eigenvalue weighted by molar-refractivity contribution is 0.0954. The number of nitrogens with zero attached hydrogens (tertiary/aromatic N) is 2. The Hall–Kier alpha value is -4.19. The second-order valence-corrected chi connectivity index (χ2v) is 7.06. The van der Waals surface area contributed by atoms with E-state index in [4.69, 9.17) is 9.47 Å². The summed E-state index contributed by atoms with van der Waals surface area (Å²) in [7, 11) is 1.59. The first-order chi connectivity index (χ1) is 15.7. The van der Waals surface area contributed by atoms with Crippen LogP contribution in [0.3, 0.4) is 0 Å². The molecule has 32 heavy (non-hydrogen) atoms. The maximum absolute atomic E-state index is 12.4. The highest BCUT2D eigenvalue weighted by Crippen LogP contribution is 2.31. The van der Waals surface area contributed by atoms with Gasteiger partial charge in [-0.05, 0) is 36.2 Å². The quantitative estimate of drug-likeness (QED) is 0.434. The van der Waals surface area contributed by atoms with Gasteiger partial charge in [0.05, 0.1) is 12.8 Å². The molecule has 0 bridgehead atoms. The fraction of sp³-hybridized carbons (Fsp3) is 0.115. The predicted molar refractivity (Wildman–Crippen MR) is 123 cm³/mol. The molecule has 0 aliphatic heterocycles. The van der Waals surface area contributed by atoms with Gasteiger partial charge in [-0.2, -0.15) is 0 Å². The van der Waals surface area contributed by atoms with Gasteiger partial charge in [0.1, 0.15) is 6.33 Å². The highest BCUT2D eigenvalue weighted by atomic mass is 16.5. The van der Waals surface area contributed by atoms with Crippen LogP contribution in [0, 0.1) is 0 Å². The Morgan fingerprint density at radius 2 is 1.59 bits per heavy atom. The SMILES string of the molecule is COc1ccccc1Oc1cc(-c2ccc(C(=O)NCCc3ccccc3)cc2)ncn1. The van der Waals surface area contributed by atoms with Crippen LogP contribution in [0.5, 0.6) is 17.4 Å². The number of carbonyl (C=O) groups excluding carboxylic acids is 1. The van der Waals surface area contributed by atoms with E-state index in [9.17, 15) is 4.79 Å². The van der Waals surface area contributed by atoms with Gasteiger partial charge in [-0.3, -0.25) is 4.79 Å². The van der Waals surface area contributed by atoms with Crippen LogP contribution < -0.4 is 14.8 Å². The molecule has 0 atom stereocenters. The van der Waals surface area contributed by atoms with Gasteiger partial charge in [0.25, 0.3) is 5.91 Å². The summed E-state index contributed by atoms with van der Waals surface area (Å²) in [5.74, 6) is 1.50. The summed E-state index contributed by atoms with van der Waals surface area (Å²) in [5, 5.41) is 2.96. The third-order valence-electron chi connectivity index (χ3n) is 4.91. The first-order valence-electron chi connectivity index (χ1n) is 10.3. The number of rotatable bonds is 8. The Labute approximate surface area is 186 Å². The fourth-order valence-electron chi connectivity index (χ4n) is 3.23. The molecule has 3 aromatic carbocycles. The Kier molecular flexibility index (Phi) is 6.72. The van der Waals surface area contributed by atoms with E-state index in [1.807, 2.05) is 54.6 Å². The Bertz CT molecular complexity index is 1180. The minimum absolute atomic E-state index is 0.102. The van der Waals surface area contributed by atoms with E-state index >= 15 is 0 Å². The van der Waals surface area contributed by atoms with Crippen LogP contribution in [-0.2, 0) is 6.42 Å². The van der Waals surface area contributed by atoms with Gasteiger partial charge in [-0.1, -0.05) is 54.6 Å². The summed E-state index contributed by atoms with van der Waals surface area (Å²) >= 11 is 0. The van der Waals surface area contributed by atoms with E-state index in [1.165, 1.54) is 11.9 Å². The van der Waals surface area contributed by atoms with Crippen molar-refractivity contribution < 1.29 is 14.3 Å². The van der Waals surface area contributed by atoms with Crippen molar-refractivity contribution in [2.75, 3.05) is 13.7 Å². The van der Waals surface area contributed by atoms with Crippen LogP contribution in [0.1, 0.15) is 15.9 Å². The van der Waals surface area contributed by atoms with Crippen molar-refractivity contribution in [1.82, 2.24) is 15.3 Å². The van der Waals surface area contributed by atoms with Crippen LogP contribution in [-0.4, -0.2) is 29.5 Å². The number of ether oxygens (including phenoxy) is 2. The third kappa shape index (κ3) is 5.29. The normalized spacial score (nSPS) is 10.4. The van der Waals surface area contributed by atoms with Gasteiger partial charge in [0.2, 0.25) is 5.88 Å². The highest BCUT2D eigenvalue weighted by Gasteiger charge is 2.09. The molecule has 4 rings (SSSR count). The van der Waals surface area contributed by atoms with Crippen molar-refractivity contribution in [1.29, 1.82) is 0 Å². The molecule has 0 spiro atoms. The smallest absolute Gasteiger partial charge is 0.251 e. The zero-order valence-electron chi connectivity index (χ0n) is 17.7. The zero-order valence-corrected chi connectivity index (χ0v) is 17.7. The van der Waals surface area contributed by atoms with Crippen molar-refractivity contribution in [2.24, 2.45) is 0 Å². The average Bonchev–Trinajstić information content (AvgIpc) is 2.85. The van der Waals surface area contributed by atoms with E-state index in [-0.39, 0.29) is 5.91 Å². The maximum atomic E-state index is 12.4. The number of methoxy groups -OCH3 is 1. The number of hydrogen-bond acceptors (Lipinski definition) is 5. The minimum atomic E-state index is -0.102. The molecule has 4 aromatic rings. The number of para-hydroxylation sites is 2. The molecule has 1 N–H and O–H groups in total. The number of aromatic nitrogens is 2. The van der Waals surface area contributed by atoms with Crippen molar-refractivity contribution in [3.05, 3.63) is 102 Å². The van der Waals surface area contributed by atoms with E-state index in [2.05, 4.69) is 27.4 Å². The molecule has 0 saturated carbocycles. The van der Waals surface area contributed by atoms with E-state index in [1.54, 1.807) is 25.3 Å². The molecular weight excluding hydrogens is 402 g/mol. The molecule has 1 amide bonds. The van der Waals surface area contributed by atoms with Crippen molar-refractivity contribution in [2.45, 2.75) is 6.42 Å². The van der Waals surface area contributed by atoms with Crippen molar-refractivity contribution >= 4 is 5.91 Å². The van der Waals surface area contributed by atoms with Gasteiger partial charge < -0.3 is 14.8 Å². The molecule has 0 radical (unpaired) electrons. The van der Waals surface area contributed by atoms with Crippen LogP contribution in [0.2, 0.25) is 0 Å². The second-order valence-electron chi connectivity index (χ2n) is 7.06. The third-order valence-corrected chi connectivity index (χ3v) is 4.91. The molecule has 1 aromatic heterocycles. The molecule has 0 aliphatic rings. The van der Waals surface area contributed by atoms with Gasteiger partial charge in [0.15, 0.2) is 11.5 Å². The number of hydrogen-bond donors (Lipinski definition) is 1. The number of nitrogens with one attached hydrogen (secondary N) is 1. The van der Waals surface area contributed by atoms with Crippen LogP contribution in [0.4, 0.5) is 0 Å². The monoisotopic (exact) mass is 425 g/mol. The topological polar surface area (TPSA) is 73.3 Å². The average molecular weight is 425 g/mol. The molecular formula is C26H23N3O3. The van der Waals surface area contributed by atoms with E-state index in [0.29, 0.717) is 35.2 Å². The summed E-state index contributed by atoms with van der Waals surface area (Å²) in [5.41, 5.74) is 3.35. The summed E-state index contributed by atoms with van der Waals surface area (Å²) in [4.78, 5) is 20.9. The first kappa shape index (κ1) is 21.1. The van der Waals surface area contributed by atoms with Crippen LogP contribution in [0.15, 0.2) is 91.3 Å². The molecule has 0 aliphatic carbocycles. The largest absolute Gasteiger partial charge is 0.493 e. The molecule has 0 saturated heterocycles. The molecule has 1 heterocycles. The predicted octanol–water partition coefficient (Wildman–Crippen LogP) is 4.92. The van der Waals surface area contributed by atoms with Crippen LogP contribution >= 0.6 is 0 Å². The molecule has 6 heteroatoms. The number of benzene rings is 3. The number of carbonyl (C=O) groups is 1. The summed E-state index contributed by atoms with van der Waals surface area (Å²) in [6, 6.07) is 26.5. The molecule has 160 valence electrons. The Balaban J connectivity index is 1.40. The summed E-state index contributed by atoms with van der Waals surface area (Å²) in [6.45, 7) is 0.583. The highest BCUT2D eigenvalue weighted by molar-refractivity contribution is 5.94. The molecule has 6 nitrogen and oxygen atoms in total. The first-order valence-corrected chi connectivity index (χ1v) is 10.3. The molecule has 0 unspecified atom stereocenters. The van der Waals surface area contributed by atoms with E-state index in [0.717, 1.165) is 12.0 Å². The van der Waals surface area contributed by atoms with Gasteiger partial charge in [0, 0.05) is 23.7 Å². The van der Waals surface area contributed by atoms with Crippen molar-refractivity contribution in [3.63, 3.8) is 0 Å². The number of amides is 1. The lowest BCUT2D eigenvalue weighted by Gasteiger charge is -2.10. The van der Waals surface area contributed by atoms with Gasteiger partial charge in [-0.25, -0.2) is 9.97 Å².